The number of aliphatic carboxylic acids is 1. The second kappa shape index (κ2) is 5.38. The van der Waals surface area contributed by atoms with E-state index < -0.39 is 11.9 Å². The van der Waals surface area contributed by atoms with Crippen molar-refractivity contribution in [3.8, 4) is 11.5 Å². The Bertz CT molecular complexity index is 403. The number of halogens is 1. The normalized spacial score (nSPS) is 12.0. The van der Waals surface area contributed by atoms with E-state index >= 15 is 0 Å². The Morgan fingerprint density at radius 3 is 2.25 bits per heavy atom. The van der Waals surface area contributed by atoms with Crippen LogP contribution in [0.3, 0.4) is 0 Å². The Hall–Kier alpha value is -0.980. The zero-order chi connectivity index (χ0) is 12.3. The van der Waals surface area contributed by atoms with Crippen molar-refractivity contribution in [3.05, 3.63) is 21.3 Å². The molecule has 1 unspecified atom stereocenters. The van der Waals surface area contributed by atoms with Crippen LogP contribution in [0.2, 0.25) is 0 Å². The smallest absolute Gasteiger partial charge is 0.310 e. The monoisotopic (exact) mass is 336 g/mol. The zero-order valence-electron chi connectivity index (χ0n) is 9.28. The number of ether oxygens (including phenoxy) is 2. The highest BCUT2D eigenvalue weighted by Crippen LogP contribution is 2.34. The SMILES string of the molecule is COc1cc(I)c(C(C)C(=O)O)cc1OC. The molecular formula is C11H13IO4. The summed E-state index contributed by atoms with van der Waals surface area (Å²) in [5, 5.41) is 8.97. The maximum absolute atomic E-state index is 10.9. The van der Waals surface area contributed by atoms with Crippen LogP contribution >= 0.6 is 22.6 Å². The van der Waals surface area contributed by atoms with Gasteiger partial charge < -0.3 is 14.6 Å². The number of rotatable bonds is 4. The van der Waals surface area contributed by atoms with Crippen LogP contribution in [-0.4, -0.2) is 25.3 Å². The number of carbonyl (C=O) groups is 1. The van der Waals surface area contributed by atoms with Crippen LogP contribution in [0, 0.1) is 3.57 Å². The molecule has 1 aromatic carbocycles. The first-order chi connectivity index (χ1) is 7.51. The van der Waals surface area contributed by atoms with Gasteiger partial charge in [-0.3, -0.25) is 4.79 Å². The van der Waals surface area contributed by atoms with Gasteiger partial charge in [0.1, 0.15) is 0 Å². The predicted molar refractivity (Wildman–Crippen MR) is 68.3 cm³/mol. The number of hydrogen-bond acceptors (Lipinski definition) is 3. The average Bonchev–Trinajstić information content (AvgIpc) is 2.27. The lowest BCUT2D eigenvalue weighted by atomic mass is 10.0. The molecule has 0 saturated carbocycles. The van der Waals surface area contributed by atoms with E-state index in [2.05, 4.69) is 22.6 Å². The third kappa shape index (κ3) is 2.58. The molecule has 0 aromatic heterocycles. The van der Waals surface area contributed by atoms with Gasteiger partial charge in [0.25, 0.3) is 0 Å². The Kier molecular flexibility index (Phi) is 4.40. The van der Waals surface area contributed by atoms with Gasteiger partial charge in [0.05, 0.1) is 20.1 Å². The van der Waals surface area contributed by atoms with Crippen LogP contribution in [0.25, 0.3) is 0 Å². The minimum atomic E-state index is -0.856. The third-order valence-corrected chi connectivity index (χ3v) is 3.27. The van der Waals surface area contributed by atoms with Crippen molar-refractivity contribution in [3.63, 3.8) is 0 Å². The molecule has 4 nitrogen and oxygen atoms in total. The Labute approximate surface area is 108 Å². The first-order valence-corrected chi connectivity index (χ1v) is 5.73. The molecule has 1 N–H and O–H groups in total. The summed E-state index contributed by atoms with van der Waals surface area (Å²) in [5.41, 5.74) is 0.728. The van der Waals surface area contributed by atoms with Gasteiger partial charge in [0.2, 0.25) is 0 Å². The van der Waals surface area contributed by atoms with Gasteiger partial charge in [0.15, 0.2) is 11.5 Å². The van der Waals surface area contributed by atoms with E-state index in [1.165, 1.54) is 7.11 Å². The van der Waals surface area contributed by atoms with Crippen molar-refractivity contribution in [2.45, 2.75) is 12.8 Å². The molecule has 0 aliphatic carbocycles. The van der Waals surface area contributed by atoms with Gasteiger partial charge in [0, 0.05) is 3.57 Å². The molecule has 0 radical (unpaired) electrons. The summed E-state index contributed by atoms with van der Waals surface area (Å²) in [6.45, 7) is 1.64. The lowest BCUT2D eigenvalue weighted by Crippen LogP contribution is -2.09. The second-order valence-corrected chi connectivity index (χ2v) is 4.45. The molecule has 0 bridgehead atoms. The molecule has 88 valence electrons. The minimum Gasteiger partial charge on any atom is -0.493 e. The third-order valence-electron chi connectivity index (χ3n) is 2.34. The van der Waals surface area contributed by atoms with E-state index in [9.17, 15) is 4.79 Å². The lowest BCUT2D eigenvalue weighted by Gasteiger charge is -2.14. The van der Waals surface area contributed by atoms with Gasteiger partial charge in [-0.05, 0) is 47.2 Å². The Morgan fingerprint density at radius 2 is 1.81 bits per heavy atom. The molecule has 0 saturated heterocycles. The van der Waals surface area contributed by atoms with Crippen molar-refractivity contribution in [1.29, 1.82) is 0 Å². The fourth-order valence-electron chi connectivity index (χ4n) is 1.33. The highest BCUT2D eigenvalue weighted by molar-refractivity contribution is 14.1. The van der Waals surface area contributed by atoms with E-state index in [1.807, 2.05) is 0 Å². The molecule has 5 heteroatoms. The summed E-state index contributed by atoms with van der Waals surface area (Å²) in [6.07, 6.45) is 0. The van der Waals surface area contributed by atoms with E-state index in [1.54, 1.807) is 26.2 Å². The molecule has 1 rings (SSSR count). The van der Waals surface area contributed by atoms with Crippen molar-refractivity contribution in [1.82, 2.24) is 0 Å². The maximum atomic E-state index is 10.9. The summed E-state index contributed by atoms with van der Waals surface area (Å²) in [4.78, 5) is 10.9. The van der Waals surface area contributed by atoms with E-state index in [-0.39, 0.29) is 0 Å². The van der Waals surface area contributed by atoms with E-state index in [0.717, 1.165) is 9.13 Å². The quantitative estimate of drug-likeness (QED) is 0.859. The summed E-state index contributed by atoms with van der Waals surface area (Å²) in [7, 11) is 3.08. The minimum absolute atomic E-state index is 0.547. The van der Waals surface area contributed by atoms with Crippen molar-refractivity contribution in [2.75, 3.05) is 14.2 Å². The van der Waals surface area contributed by atoms with Gasteiger partial charge >= 0.3 is 5.97 Å². The molecule has 0 aliphatic heterocycles. The predicted octanol–water partition coefficient (Wildman–Crippen LogP) is 2.50. The van der Waals surface area contributed by atoms with Crippen LogP contribution in [0.5, 0.6) is 11.5 Å². The van der Waals surface area contributed by atoms with Crippen LogP contribution in [0.1, 0.15) is 18.4 Å². The molecule has 0 aliphatic rings. The molecule has 1 atom stereocenters. The standard InChI is InChI=1S/C11H13IO4/c1-6(11(13)14)7-4-9(15-2)10(16-3)5-8(7)12/h4-6H,1-3H3,(H,13,14). The Balaban J connectivity index is 3.26. The first kappa shape index (κ1) is 13.1. The van der Waals surface area contributed by atoms with E-state index in [4.69, 9.17) is 14.6 Å². The largest absolute Gasteiger partial charge is 0.493 e. The molecule has 0 amide bonds. The topological polar surface area (TPSA) is 55.8 Å². The van der Waals surface area contributed by atoms with Crippen LogP contribution < -0.4 is 9.47 Å². The summed E-state index contributed by atoms with van der Waals surface area (Å²) in [6, 6.07) is 3.48. The molecule has 0 spiro atoms. The number of carboxylic acids is 1. The van der Waals surface area contributed by atoms with Gasteiger partial charge in [-0.25, -0.2) is 0 Å². The second-order valence-electron chi connectivity index (χ2n) is 3.29. The summed E-state index contributed by atoms with van der Waals surface area (Å²) < 4.78 is 11.1. The summed E-state index contributed by atoms with van der Waals surface area (Å²) >= 11 is 2.09. The van der Waals surface area contributed by atoms with Crippen LogP contribution in [-0.2, 0) is 4.79 Å². The Morgan fingerprint density at radius 1 is 1.31 bits per heavy atom. The van der Waals surface area contributed by atoms with Crippen molar-refractivity contribution in [2.24, 2.45) is 0 Å². The lowest BCUT2D eigenvalue weighted by molar-refractivity contribution is -0.138. The van der Waals surface area contributed by atoms with Gasteiger partial charge in [-0.15, -0.1) is 0 Å². The van der Waals surface area contributed by atoms with Gasteiger partial charge in [-0.2, -0.15) is 0 Å². The number of benzene rings is 1. The molecule has 1 aromatic rings. The summed E-state index contributed by atoms with van der Waals surface area (Å²) in [5.74, 6) is -0.268. The van der Waals surface area contributed by atoms with Crippen molar-refractivity contribution >= 4 is 28.6 Å². The average molecular weight is 336 g/mol. The fourth-order valence-corrected chi connectivity index (χ4v) is 2.24. The molecule has 0 fully saturated rings. The number of carboxylic acid groups (broad SMARTS) is 1. The molecule has 0 heterocycles. The van der Waals surface area contributed by atoms with Gasteiger partial charge in [-0.1, -0.05) is 0 Å². The number of hydrogen-bond donors (Lipinski definition) is 1. The maximum Gasteiger partial charge on any atom is 0.310 e. The molecular weight excluding hydrogens is 323 g/mol. The molecule has 16 heavy (non-hydrogen) atoms. The highest BCUT2D eigenvalue weighted by Gasteiger charge is 2.19. The fraction of sp³-hybridized carbons (Fsp3) is 0.364. The number of methoxy groups -OCH3 is 2. The van der Waals surface area contributed by atoms with Crippen LogP contribution in [0.4, 0.5) is 0 Å². The zero-order valence-corrected chi connectivity index (χ0v) is 11.4. The van der Waals surface area contributed by atoms with Crippen molar-refractivity contribution < 1.29 is 19.4 Å². The van der Waals surface area contributed by atoms with Crippen LogP contribution in [0.15, 0.2) is 12.1 Å². The first-order valence-electron chi connectivity index (χ1n) is 4.65. The van der Waals surface area contributed by atoms with E-state index in [0.29, 0.717) is 11.5 Å². The highest BCUT2D eigenvalue weighted by atomic mass is 127.